The highest BCUT2D eigenvalue weighted by molar-refractivity contribution is 6.30. The average Bonchev–Trinajstić information content (AvgIpc) is 3.18. The fourth-order valence-corrected chi connectivity index (χ4v) is 4.64. The van der Waals surface area contributed by atoms with Gasteiger partial charge in [0.25, 0.3) is 5.91 Å². The highest BCUT2D eigenvalue weighted by Crippen LogP contribution is 2.35. The van der Waals surface area contributed by atoms with Gasteiger partial charge in [-0.05, 0) is 80.8 Å². The minimum Gasteiger partial charge on any atom is -0.457 e. The van der Waals surface area contributed by atoms with Crippen LogP contribution in [-0.2, 0) is 4.79 Å². The number of benzene rings is 2. The molecule has 0 bridgehead atoms. The van der Waals surface area contributed by atoms with Gasteiger partial charge in [-0.25, -0.2) is 4.68 Å². The van der Waals surface area contributed by atoms with Gasteiger partial charge in [-0.15, -0.1) is 0 Å². The second-order valence-electron chi connectivity index (χ2n) is 8.73. The topological polar surface area (TPSA) is 116 Å². The molecule has 4 rings (SSSR count). The normalized spacial score (nSPS) is 17.7. The molecule has 1 fully saturated rings. The molecule has 4 N–H and O–H groups in total. The summed E-state index contributed by atoms with van der Waals surface area (Å²) in [4.78, 5) is 26.4. The molecule has 1 aliphatic heterocycles. The Balaban J connectivity index is 1.64. The summed E-state index contributed by atoms with van der Waals surface area (Å²) in [5.41, 5.74) is 14.2. The van der Waals surface area contributed by atoms with Crippen molar-refractivity contribution in [1.29, 1.82) is 0 Å². The molecule has 8 nitrogen and oxygen atoms in total. The summed E-state index contributed by atoms with van der Waals surface area (Å²) in [6, 6.07) is 12.5. The lowest BCUT2D eigenvalue weighted by Crippen LogP contribution is -2.45. The van der Waals surface area contributed by atoms with Gasteiger partial charge >= 0.3 is 0 Å². The van der Waals surface area contributed by atoms with E-state index in [1.54, 1.807) is 39.9 Å². The lowest BCUT2D eigenvalue weighted by Gasteiger charge is -2.37. The predicted molar refractivity (Wildman–Crippen MR) is 136 cm³/mol. The van der Waals surface area contributed by atoms with Crippen LogP contribution in [0.3, 0.4) is 0 Å². The summed E-state index contributed by atoms with van der Waals surface area (Å²) in [6.07, 6.45) is 2.85. The fraction of sp³-hybridized carbons (Fsp3) is 0.269. The zero-order valence-corrected chi connectivity index (χ0v) is 20.5. The minimum absolute atomic E-state index is 0.0837. The van der Waals surface area contributed by atoms with E-state index in [1.165, 1.54) is 6.08 Å². The third kappa shape index (κ3) is 4.88. The Morgan fingerprint density at radius 2 is 1.91 bits per heavy atom. The predicted octanol–water partition coefficient (Wildman–Crippen LogP) is 4.72. The number of nitrogen functional groups attached to an aromatic ring is 1. The third-order valence-corrected chi connectivity index (χ3v) is 6.58. The van der Waals surface area contributed by atoms with Gasteiger partial charge in [-0.3, -0.25) is 9.59 Å². The number of aryl methyl sites for hydroxylation is 1. The molecule has 2 unspecified atom stereocenters. The second kappa shape index (κ2) is 9.84. The highest BCUT2D eigenvalue weighted by atomic mass is 35.5. The molecule has 2 aromatic carbocycles. The first-order valence-corrected chi connectivity index (χ1v) is 11.7. The van der Waals surface area contributed by atoms with Crippen molar-refractivity contribution in [3.63, 3.8) is 0 Å². The molecule has 0 aliphatic carbocycles. The fourth-order valence-electron chi connectivity index (χ4n) is 4.42. The number of nitrogens with zero attached hydrogens (tertiary/aromatic N) is 3. The smallest absolute Gasteiger partial charge is 0.254 e. The summed E-state index contributed by atoms with van der Waals surface area (Å²) in [5, 5.41) is 5.32. The van der Waals surface area contributed by atoms with Crippen LogP contribution in [0.4, 0.5) is 5.82 Å². The van der Waals surface area contributed by atoms with Gasteiger partial charge in [0, 0.05) is 23.2 Å². The summed E-state index contributed by atoms with van der Waals surface area (Å²) in [6.45, 7) is 7.93. The number of ether oxygens (including phenoxy) is 1. The molecular formula is C26H28ClN5O3. The van der Waals surface area contributed by atoms with Gasteiger partial charge < -0.3 is 21.1 Å². The van der Waals surface area contributed by atoms with Gasteiger partial charge in [0.15, 0.2) is 0 Å². The molecule has 0 saturated carbocycles. The van der Waals surface area contributed by atoms with Gasteiger partial charge in [0.2, 0.25) is 5.91 Å². The summed E-state index contributed by atoms with van der Waals surface area (Å²) < 4.78 is 7.58. The van der Waals surface area contributed by atoms with Crippen LogP contribution in [0.25, 0.3) is 11.3 Å². The Morgan fingerprint density at radius 1 is 1.20 bits per heavy atom. The van der Waals surface area contributed by atoms with Crippen molar-refractivity contribution in [1.82, 2.24) is 14.7 Å². The van der Waals surface area contributed by atoms with E-state index < -0.39 is 5.91 Å². The van der Waals surface area contributed by atoms with Crippen molar-refractivity contribution in [2.24, 2.45) is 5.73 Å². The summed E-state index contributed by atoms with van der Waals surface area (Å²) in [7, 11) is 0. The number of nitrogens with two attached hydrogens (primary N) is 2. The minimum atomic E-state index is -0.663. The van der Waals surface area contributed by atoms with E-state index in [2.05, 4.69) is 11.7 Å². The molecule has 2 amide bonds. The van der Waals surface area contributed by atoms with E-state index >= 15 is 0 Å². The van der Waals surface area contributed by atoms with E-state index in [1.807, 2.05) is 26.0 Å². The van der Waals surface area contributed by atoms with Gasteiger partial charge in [-0.2, -0.15) is 5.10 Å². The van der Waals surface area contributed by atoms with Crippen molar-refractivity contribution in [2.75, 3.05) is 12.3 Å². The number of likely N-dealkylation sites (tertiary alicyclic amines) is 1. The van der Waals surface area contributed by atoms with E-state index in [0.29, 0.717) is 34.3 Å². The standard InChI is InChI=1S/C26H28ClN5O3/c1-4-22(33)31-14-19(9-5-16(31)3)32-25(28)23(26(29)34)24(30-32)17-6-10-20(11-7-17)35-21-12-8-18(27)13-15(21)2/h4,6-8,10-13,16,19H,1,5,9,14,28H2,2-3H3,(H2,29,34). The van der Waals surface area contributed by atoms with Crippen LogP contribution in [0.1, 0.15) is 41.7 Å². The molecular weight excluding hydrogens is 466 g/mol. The van der Waals surface area contributed by atoms with Crippen molar-refractivity contribution in [2.45, 2.75) is 38.8 Å². The Bertz CT molecular complexity index is 1280. The number of hydrogen-bond acceptors (Lipinski definition) is 5. The SMILES string of the molecule is C=CC(=O)N1CC(n2nc(-c3ccc(Oc4ccc(Cl)cc4C)cc3)c(C(N)=O)c2N)CCC1C. The largest absolute Gasteiger partial charge is 0.457 e. The first-order valence-electron chi connectivity index (χ1n) is 11.3. The lowest BCUT2D eigenvalue weighted by atomic mass is 9.99. The highest BCUT2D eigenvalue weighted by Gasteiger charge is 2.32. The lowest BCUT2D eigenvalue weighted by molar-refractivity contribution is -0.130. The zero-order chi connectivity index (χ0) is 25.3. The molecule has 1 aromatic heterocycles. The van der Waals surface area contributed by atoms with Crippen LogP contribution < -0.4 is 16.2 Å². The number of aromatic nitrogens is 2. The molecule has 0 radical (unpaired) electrons. The summed E-state index contributed by atoms with van der Waals surface area (Å²) >= 11 is 6.02. The van der Waals surface area contributed by atoms with Crippen LogP contribution in [-0.4, -0.2) is 39.1 Å². The number of primary amides is 1. The maximum absolute atomic E-state index is 12.3. The number of amides is 2. The average molecular weight is 494 g/mol. The first-order chi connectivity index (χ1) is 16.7. The monoisotopic (exact) mass is 493 g/mol. The molecule has 182 valence electrons. The van der Waals surface area contributed by atoms with Crippen molar-refractivity contribution < 1.29 is 14.3 Å². The molecule has 1 saturated heterocycles. The Hall–Kier alpha value is -3.78. The molecule has 0 spiro atoms. The van der Waals surface area contributed by atoms with E-state index in [4.69, 9.17) is 27.8 Å². The van der Waals surface area contributed by atoms with Crippen LogP contribution in [0, 0.1) is 6.92 Å². The van der Waals surface area contributed by atoms with Crippen LogP contribution in [0.2, 0.25) is 5.02 Å². The number of halogens is 1. The van der Waals surface area contributed by atoms with Gasteiger partial charge in [0.1, 0.15) is 28.6 Å². The number of hydrogen-bond donors (Lipinski definition) is 2. The number of rotatable bonds is 6. The maximum atomic E-state index is 12.3. The van der Waals surface area contributed by atoms with E-state index in [0.717, 1.165) is 18.4 Å². The molecule has 2 heterocycles. The first kappa shape index (κ1) is 24.3. The molecule has 1 aliphatic rings. The Labute approximate surface area is 209 Å². The van der Waals surface area contributed by atoms with Crippen molar-refractivity contribution in [3.8, 4) is 22.8 Å². The van der Waals surface area contributed by atoms with Gasteiger partial charge in [0.05, 0.1) is 6.04 Å². The molecule has 3 aromatic rings. The van der Waals surface area contributed by atoms with E-state index in [9.17, 15) is 9.59 Å². The van der Waals surface area contributed by atoms with Crippen LogP contribution >= 0.6 is 11.6 Å². The van der Waals surface area contributed by atoms with Crippen molar-refractivity contribution >= 4 is 29.2 Å². The van der Waals surface area contributed by atoms with Crippen LogP contribution in [0.5, 0.6) is 11.5 Å². The molecule has 35 heavy (non-hydrogen) atoms. The zero-order valence-electron chi connectivity index (χ0n) is 19.7. The summed E-state index contributed by atoms with van der Waals surface area (Å²) in [5.74, 6) is 0.694. The molecule has 2 atom stereocenters. The molecule has 9 heteroatoms. The maximum Gasteiger partial charge on any atom is 0.254 e. The Morgan fingerprint density at radius 3 is 2.54 bits per heavy atom. The van der Waals surface area contributed by atoms with E-state index in [-0.39, 0.29) is 29.4 Å². The quantitative estimate of drug-likeness (QED) is 0.482. The second-order valence-corrected chi connectivity index (χ2v) is 9.17. The number of carbonyl (C=O) groups is 2. The Kier molecular flexibility index (Phi) is 6.84. The van der Waals surface area contributed by atoms with Crippen molar-refractivity contribution in [3.05, 3.63) is 71.3 Å². The number of piperidine rings is 1. The number of carbonyl (C=O) groups excluding carboxylic acids is 2. The number of anilines is 1. The van der Waals surface area contributed by atoms with Gasteiger partial charge in [-0.1, -0.05) is 18.2 Å². The van der Waals surface area contributed by atoms with Crippen LogP contribution in [0.15, 0.2) is 55.1 Å². The third-order valence-electron chi connectivity index (χ3n) is 6.35.